The average Bonchev–Trinajstić information content (AvgIpc) is 2.47. The number of pyridine rings is 2. The number of hydrogen-bond acceptors (Lipinski definition) is 4. The number of nitrogens with zero attached hydrogens (tertiary/aromatic N) is 3. The van der Waals surface area contributed by atoms with Gasteiger partial charge in [0.1, 0.15) is 10.1 Å². The lowest BCUT2D eigenvalue weighted by atomic mass is 10.1. The van der Waals surface area contributed by atoms with E-state index in [1.807, 2.05) is 48.5 Å². The molecule has 0 atom stereocenters. The second-order valence-corrected chi connectivity index (χ2v) is 4.95. The molecule has 0 radical (unpaired) electrons. The zero-order valence-electron chi connectivity index (χ0n) is 9.95. The van der Waals surface area contributed by atoms with Gasteiger partial charge in [0.05, 0.1) is 17.1 Å². The summed E-state index contributed by atoms with van der Waals surface area (Å²) in [6.07, 6.45) is 1.74. The van der Waals surface area contributed by atoms with Crippen molar-refractivity contribution in [2.75, 3.05) is 0 Å². The Morgan fingerprint density at radius 2 is 1.84 bits per heavy atom. The van der Waals surface area contributed by atoms with Crippen LogP contribution in [0.5, 0.6) is 0 Å². The van der Waals surface area contributed by atoms with Crippen LogP contribution in [0.1, 0.15) is 5.56 Å². The van der Waals surface area contributed by atoms with Crippen molar-refractivity contribution in [2.45, 2.75) is 10.1 Å². The number of aromatic nitrogens is 2. The van der Waals surface area contributed by atoms with Crippen LogP contribution in [0, 0.1) is 11.3 Å². The summed E-state index contributed by atoms with van der Waals surface area (Å²) in [6.45, 7) is 0. The lowest BCUT2D eigenvalue weighted by molar-refractivity contribution is 1.11. The Morgan fingerprint density at radius 1 is 1.00 bits per heavy atom. The molecule has 19 heavy (non-hydrogen) atoms. The maximum absolute atomic E-state index is 9.22. The SMILES string of the molecule is N#Cc1cc(Sc2ccccn2)nc2ccccc12. The molecule has 3 aromatic rings. The summed E-state index contributed by atoms with van der Waals surface area (Å²) in [6, 6.07) is 17.4. The molecule has 2 heterocycles. The molecule has 0 saturated heterocycles. The third-order valence-electron chi connectivity index (χ3n) is 2.66. The Morgan fingerprint density at radius 3 is 2.63 bits per heavy atom. The van der Waals surface area contributed by atoms with Crippen LogP contribution in [0.3, 0.4) is 0 Å². The maximum atomic E-state index is 9.22. The minimum Gasteiger partial charge on any atom is -0.250 e. The summed E-state index contributed by atoms with van der Waals surface area (Å²) >= 11 is 1.46. The number of benzene rings is 1. The lowest BCUT2D eigenvalue weighted by Gasteiger charge is -2.04. The van der Waals surface area contributed by atoms with Crippen LogP contribution in [0.15, 0.2) is 64.8 Å². The molecule has 0 aliphatic heterocycles. The summed E-state index contributed by atoms with van der Waals surface area (Å²) < 4.78 is 0. The molecular formula is C15H9N3S. The van der Waals surface area contributed by atoms with Crippen LogP contribution < -0.4 is 0 Å². The quantitative estimate of drug-likeness (QED) is 0.708. The first-order valence-corrected chi connectivity index (χ1v) is 6.57. The summed E-state index contributed by atoms with van der Waals surface area (Å²) in [5.74, 6) is 0. The molecule has 0 spiro atoms. The molecule has 0 aliphatic rings. The smallest absolute Gasteiger partial charge is 0.104 e. The second-order valence-electron chi connectivity index (χ2n) is 3.91. The van der Waals surface area contributed by atoms with Crippen molar-refractivity contribution in [1.29, 1.82) is 5.26 Å². The van der Waals surface area contributed by atoms with E-state index in [4.69, 9.17) is 0 Å². The second kappa shape index (κ2) is 5.09. The molecule has 0 N–H and O–H groups in total. The van der Waals surface area contributed by atoms with Gasteiger partial charge in [-0.05, 0) is 24.3 Å². The van der Waals surface area contributed by atoms with E-state index in [2.05, 4.69) is 16.0 Å². The summed E-state index contributed by atoms with van der Waals surface area (Å²) in [5.41, 5.74) is 1.48. The molecule has 3 rings (SSSR count). The number of fused-ring (bicyclic) bond motifs is 1. The molecule has 90 valence electrons. The van der Waals surface area contributed by atoms with Gasteiger partial charge in [0.2, 0.25) is 0 Å². The Labute approximate surface area is 114 Å². The van der Waals surface area contributed by atoms with Gasteiger partial charge in [0.15, 0.2) is 0 Å². The Bertz CT molecular complexity index is 763. The fourth-order valence-electron chi connectivity index (χ4n) is 1.81. The Kier molecular flexibility index (Phi) is 3.13. The number of nitriles is 1. The van der Waals surface area contributed by atoms with Crippen LogP contribution in [-0.2, 0) is 0 Å². The van der Waals surface area contributed by atoms with E-state index in [1.54, 1.807) is 6.20 Å². The van der Waals surface area contributed by atoms with E-state index >= 15 is 0 Å². The van der Waals surface area contributed by atoms with Crippen molar-refractivity contribution < 1.29 is 0 Å². The molecule has 0 unspecified atom stereocenters. The fraction of sp³-hybridized carbons (Fsp3) is 0. The van der Waals surface area contributed by atoms with Gasteiger partial charge in [0.25, 0.3) is 0 Å². The average molecular weight is 263 g/mol. The minimum atomic E-state index is 0.643. The highest BCUT2D eigenvalue weighted by atomic mass is 32.2. The normalized spacial score (nSPS) is 10.3. The fourth-order valence-corrected chi connectivity index (χ4v) is 2.61. The van der Waals surface area contributed by atoms with E-state index in [0.717, 1.165) is 21.0 Å². The van der Waals surface area contributed by atoms with Crippen LogP contribution in [0.2, 0.25) is 0 Å². The first kappa shape index (κ1) is 11.7. The third-order valence-corrected chi connectivity index (χ3v) is 3.53. The monoisotopic (exact) mass is 263 g/mol. The molecule has 0 fully saturated rings. The van der Waals surface area contributed by atoms with Crippen LogP contribution in [0.4, 0.5) is 0 Å². The standard InChI is InChI=1S/C15H9N3S/c16-10-11-9-15(19-14-7-3-4-8-17-14)18-13-6-2-1-5-12(11)13/h1-9H. The van der Waals surface area contributed by atoms with Gasteiger partial charge in [-0.25, -0.2) is 9.97 Å². The van der Waals surface area contributed by atoms with Crippen molar-refractivity contribution in [3.8, 4) is 6.07 Å². The predicted molar refractivity (Wildman–Crippen MR) is 74.8 cm³/mol. The molecule has 0 aliphatic carbocycles. The predicted octanol–water partition coefficient (Wildman–Crippen LogP) is 3.65. The first-order chi connectivity index (χ1) is 9.36. The van der Waals surface area contributed by atoms with Crippen molar-refractivity contribution >= 4 is 22.7 Å². The third kappa shape index (κ3) is 2.42. The largest absolute Gasteiger partial charge is 0.250 e. The zero-order valence-corrected chi connectivity index (χ0v) is 10.8. The molecular weight excluding hydrogens is 254 g/mol. The minimum absolute atomic E-state index is 0.643. The molecule has 3 nitrogen and oxygen atoms in total. The zero-order chi connectivity index (χ0) is 13.1. The highest BCUT2D eigenvalue weighted by Gasteiger charge is 2.06. The molecule has 4 heteroatoms. The number of rotatable bonds is 2. The molecule has 2 aromatic heterocycles. The molecule has 0 saturated carbocycles. The first-order valence-electron chi connectivity index (χ1n) is 5.75. The maximum Gasteiger partial charge on any atom is 0.104 e. The van der Waals surface area contributed by atoms with Gasteiger partial charge in [-0.2, -0.15) is 5.26 Å². The van der Waals surface area contributed by atoms with Crippen molar-refractivity contribution in [2.24, 2.45) is 0 Å². The van der Waals surface area contributed by atoms with E-state index in [1.165, 1.54) is 11.8 Å². The molecule has 0 amide bonds. The van der Waals surface area contributed by atoms with Gasteiger partial charge in [0, 0.05) is 11.6 Å². The molecule has 1 aromatic carbocycles. The van der Waals surface area contributed by atoms with E-state index in [9.17, 15) is 5.26 Å². The summed E-state index contributed by atoms with van der Waals surface area (Å²) in [7, 11) is 0. The van der Waals surface area contributed by atoms with E-state index < -0.39 is 0 Å². The summed E-state index contributed by atoms with van der Waals surface area (Å²) in [5, 5.41) is 11.8. The van der Waals surface area contributed by atoms with E-state index in [-0.39, 0.29) is 0 Å². The van der Waals surface area contributed by atoms with Crippen molar-refractivity contribution in [1.82, 2.24) is 9.97 Å². The van der Waals surface area contributed by atoms with Gasteiger partial charge in [-0.3, -0.25) is 0 Å². The van der Waals surface area contributed by atoms with Crippen molar-refractivity contribution in [3.05, 3.63) is 60.3 Å². The summed E-state index contributed by atoms with van der Waals surface area (Å²) in [4.78, 5) is 8.80. The lowest BCUT2D eigenvalue weighted by Crippen LogP contribution is -1.88. The Hall–Kier alpha value is -2.38. The van der Waals surface area contributed by atoms with Gasteiger partial charge in [-0.15, -0.1) is 0 Å². The highest BCUT2D eigenvalue weighted by molar-refractivity contribution is 7.99. The van der Waals surface area contributed by atoms with Crippen molar-refractivity contribution in [3.63, 3.8) is 0 Å². The number of para-hydroxylation sites is 1. The van der Waals surface area contributed by atoms with Gasteiger partial charge in [-0.1, -0.05) is 36.0 Å². The Balaban J connectivity index is 2.08. The van der Waals surface area contributed by atoms with Crippen LogP contribution in [0.25, 0.3) is 10.9 Å². The van der Waals surface area contributed by atoms with E-state index in [0.29, 0.717) is 5.56 Å². The topological polar surface area (TPSA) is 49.6 Å². The number of hydrogen-bond donors (Lipinski definition) is 0. The highest BCUT2D eigenvalue weighted by Crippen LogP contribution is 2.27. The van der Waals surface area contributed by atoms with Crippen LogP contribution >= 0.6 is 11.8 Å². The van der Waals surface area contributed by atoms with Crippen LogP contribution in [-0.4, -0.2) is 9.97 Å². The van der Waals surface area contributed by atoms with Gasteiger partial charge < -0.3 is 0 Å². The van der Waals surface area contributed by atoms with Gasteiger partial charge >= 0.3 is 0 Å². The molecule has 0 bridgehead atoms.